The number of ether oxygens (including phenoxy) is 2. The second kappa shape index (κ2) is 47.6. The zero-order valence-electron chi connectivity index (χ0n) is 42.5. The van der Waals surface area contributed by atoms with Crippen molar-refractivity contribution < 1.29 is 61.6 Å². The van der Waals surface area contributed by atoms with Crippen LogP contribution in [0.4, 0.5) is 0 Å². The first-order valence-corrected chi connectivity index (χ1v) is 28.5. The first-order chi connectivity index (χ1) is 31.3. The summed E-state index contributed by atoms with van der Waals surface area (Å²) in [6.07, 6.45) is 59.2. The van der Waals surface area contributed by atoms with Crippen LogP contribution in [0.25, 0.3) is 0 Å². The molecule has 0 atom stereocenters. The Balaban J connectivity index is 0.0000410. The number of hydrogen-bond acceptors (Lipinski definition) is 7. The Labute approximate surface area is 423 Å². The van der Waals surface area contributed by atoms with Gasteiger partial charge in [-0.05, 0) is 63.5 Å². The Bertz CT molecular complexity index is 1410. The van der Waals surface area contributed by atoms with Crippen molar-refractivity contribution >= 4 is 22.1 Å². The van der Waals surface area contributed by atoms with Crippen LogP contribution in [0.2, 0.25) is 0 Å². The van der Waals surface area contributed by atoms with Crippen LogP contribution in [0.1, 0.15) is 291 Å². The van der Waals surface area contributed by atoms with Crippen molar-refractivity contribution in [2.24, 2.45) is 0 Å². The molecule has 65 heavy (non-hydrogen) atoms. The first kappa shape index (κ1) is 63.5. The number of unbranched alkanes of at least 4 members (excludes halogenated alkanes) is 36. The summed E-state index contributed by atoms with van der Waals surface area (Å²) >= 11 is 0. The molecule has 0 bridgehead atoms. The molecule has 0 aliphatic rings. The molecule has 7 nitrogen and oxygen atoms in total. The van der Waals surface area contributed by atoms with Gasteiger partial charge in [0.2, 0.25) is 0 Å². The molecule has 0 aliphatic carbocycles. The standard InChI is InChI=1S/C56H98O7S.Na/c1-3-5-7-9-11-13-15-17-19-21-23-25-27-29-31-33-35-37-39-41-43-45-50-62-55(57)52-48-47-49-53(64(59,60)61)54(52)56(58)63-51-46-44-42-40-38-36-34-32-30-28-26-24-22-20-18-16-14-12-10-8-6-4-2;/h5-8,47-49H,3-4,9-46,50-51H2,1-2H3,(H,59,60,61);/q;+1/p-1/b7-5+,8-6+;. The van der Waals surface area contributed by atoms with Gasteiger partial charge in [-0.1, -0.05) is 250 Å². The monoisotopic (exact) mass is 937 g/mol. The average Bonchev–Trinajstić information content (AvgIpc) is 3.28. The van der Waals surface area contributed by atoms with Crippen LogP contribution in [0.3, 0.4) is 0 Å². The van der Waals surface area contributed by atoms with E-state index in [4.69, 9.17) is 9.47 Å². The molecule has 1 rings (SSSR count). The van der Waals surface area contributed by atoms with Crippen molar-refractivity contribution in [3.05, 3.63) is 53.6 Å². The second-order valence-corrected chi connectivity index (χ2v) is 19.8. The molecule has 0 fully saturated rings. The van der Waals surface area contributed by atoms with E-state index in [0.717, 1.165) is 57.4 Å². The van der Waals surface area contributed by atoms with Gasteiger partial charge in [0, 0.05) is 0 Å². The Morgan fingerprint density at radius 1 is 0.431 bits per heavy atom. The molecule has 0 saturated carbocycles. The Morgan fingerprint density at radius 2 is 0.708 bits per heavy atom. The van der Waals surface area contributed by atoms with Gasteiger partial charge >= 0.3 is 41.5 Å². The first-order valence-electron chi connectivity index (χ1n) is 27.1. The van der Waals surface area contributed by atoms with Gasteiger partial charge in [-0.15, -0.1) is 0 Å². The Morgan fingerprint density at radius 3 is 1.00 bits per heavy atom. The van der Waals surface area contributed by atoms with Crippen molar-refractivity contribution in [3.8, 4) is 0 Å². The summed E-state index contributed by atoms with van der Waals surface area (Å²) in [6, 6.07) is 3.66. The number of carbonyl (C=O) groups is 2. The van der Waals surface area contributed by atoms with E-state index in [0.29, 0.717) is 12.8 Å². The van der Waals surface area contributed by atoms with Crippen molar-refractivity contribution in [1.82, 2.24) is 0 Å². The fourth-order valence-electron chi connectivity index (χ4n) is 8.55. The molecule has 1 aromatic carbocycles. The average molecular weight is 937 g/mol. The maximum absolute atomic E-state index is 13.1. The minimum atomic E-state index is -5.02. The SMILES string of the molecule is CC/C=C/CCCCCCCCCCCCCCCCCCCCOC(=O)c1cccc(S(=O)(=O)[O-])c1C(=O)OCCCCCCCCCCCCCCCCCCCC/C=C/CC.[Na+]. The summed E-state index contributed by atoms with van der Waals surface area (Å²) in [5.74, 6) is -1.80. The van der Waals surface area contributed by atoms with Crippen molar-refractivity contribution in [1.29, 1.82) is 0 Å². The van der Waals surface area contributed by atoms with E-state index in [1.165, 1.54) is 205 Å². The van der Waals surface area contributed by atoms with Gasteiger partial charge in [0.25, 0.3) is 0 Å². The van der Waals surface area contributed by atoms with Crippen LogP contribution in [0.15, 0.2) is 47.4 Å². The van der Waals surface area contributed by atoms with Gasteiger partial charge < -0.3 is 14.0 Å². The van der Waals surface area contributed by atoms with Crippen LogP contribution in [-0.4, -0.2) is 38.1 Å². The third-order valence-corrected chi connectivity index (χ3v) is 13.4. The van der Waals surface area contributed by atoms with Crippen LogP contribution in [0, 0.1) is 0 Å². The van der Waals surface area contributed by atoms with Gasteiger partial charge in [-0.2, -0.15) is 0 Å². The van der Waals surface area contributed by atoms with Gasteiger partial charge in [0.05, 0.1) is 29.2 Å². The zero-order chi connectivity index (χ0) is 46.4. The number of benzene rings is 1. The van der Waals surface area contributed by atoms with Gasteiger partial charge in [0.1, 0.15) is 10.1 Å². The predicted octanol–water partition coefficient (Wildman–Crippen LogP) is 14.7. The molecule has 0 radical (unpaired) electrons. The van der Waals surface area contributed by atoms with Gasteiger partial charge in [-0.25, -0.2) is 18.0 Å². The fraction of sp³-hybridized carbons (Fsp3) is 0.786. The van der Waals surface area contributed by atoms with E-state index < -0.39 is 32.5 Å². The summed E-state index contributed by atoms with van der Waals surface area (Å²) in [4.78, 5) is 25.4. The molecular formula is C56H97NaO7S. The molecule has 0 N–H and O–H groups in total. The zero-order valence-corrected chi connectivity index (χ0v) is 45.3. The number of carbonyl (C=O) groups excluding carboxylic acids is 2. The topological polar surface area (TPSA) is 110 Å². The third-order valence-electron chi connectivity index (χ3n) is 12.5. The molecule has 0 aromatic heterocycles. The number of rotatable bonds is 47. The van der Waals surface area contributed by atoms with E-state index >= 15 is 0 Å². The summed E-state index contributed by atoms with van der Waals surface area (Å²) in [7, 11) is -5.02. The van der Waals surface area contributed by atoms with Crippen LogP contribution in [0.5, 0.6) is 0 Å². The minimum Gasteiger partial charge on any atom is -0.744 e. The van der Waals surface area contributed by atoms with Crippen molar-refractivity contribution in [2.75, 3.05) is 13.2 Å². The van der Waals surface area contributed by atoms with E-state index in [2.05, 4.69) is 38.2 Å². The predicted molar refractivity (Wildman–Crippen MR) is 269 cm³/mol. The molecular weight excluding hydrogens is 840 g/mol. The van der Waals surface area contributed by atoms with Gasteiger partial charge in [-0.3, -0.25) is 0 Å². The molecule has 9 heteroatoms. The Kier molecular flexibility index (Phi) is 46.5. The second-order valence-electron chi connectivity index (χ2n) is 18.5. The van der Waals surface area contributed by atoms with E-state index in [1.54, 1.807) is 0 Å². The largest absolute Gasteiger partial charge is 1.00 e. The smallest absolute Gasteiger partial charge is 0.744 e. The third kappa shape index (κ3) is 39.1. The Hall–Kier alpha value is -1.45. The summed E-state index contributed by atoms with van der Waals surface area (Å²) < 4.78 is 47.0. The molecule has 0 heterocycles. The fourth-order valence-corrected chi connectivity index (χ4v) is 9.24. The van der Waals surface area contributed by atoms with E-state index in [9.17, 15) is 22.6 Å². The number of allylic oxidation sites excluding steroid dienone is 4. The van der Waals surface area contributed by atoms with E-state index in [-0.39, 0.29) is 48.3 Å². The maximum Gasteiger partial charge on any atom is 1.00 e. The summed E-state index contributed by atoms with van der Waals surface area (Å²) in [6.45, 7) is 4.64. The quantitative estimate of drug-likeness (QED) is 0.0210. The van der Waals surface area contributed by atoms with Crippen molar-refractivity contribution in [2.45, 2.75) is 276 Å². The molecule has 370 valence electrons. The number of esters is 2. The van der Waals surface area contributed by atoms with E-state index in [1.807, 2.05) is 0 Å². The van der Waals surface area contributed by atoms with Crippen LogP contribution >= 0.6 is 0 Å². The van der Waals surface area contributed by atoms with Crippen LogP contribution in [-0.2, 0) is 19.6 Å². The molecule has 0 aliphatic heterocycles. The molecule has 0 spiro atoms. The summed E-state index contributed by atoms with van der Waals surface area (Å²) in [5.41, 5.74) is -0.765. The molecule has 0 saturated heterocycles. The number of hydrogen-bond donors (Lipinski definition) is 0. The normalized spacial score (nSPS) is 11.7. The minimum absolute atomic E-state index is 0. The maximum atomic E-state index is 13.1. The van der Waals surface area contributed by atoms with Crippen LogP contribution < -0.4 is 29.6 Å². The molecule has 1 aromatic rings. The molecule has 0 amide bonds. The van der Waals surface area contributed by atoms with Crippen molar-refractivity contribution in [3.63, 3.8) is 0 Å². The molecule has 0 unspecified atom stereocenters. The van der Waals surface area contributed by atoms with Gasteiger partial charge in [0.15, 0.2) is 0 Å². The summed E-state index contributed by atoms with van der Waals surface area (Å²) in [5, 5.41) is 0.